The number of benzene rings is 3. The molecule has 3 nitrogen and oxygen atoms in total. The monoisotopic (exact) mass is 398 g/mol. The number of hydrogen-bond acceptors (Lipinski definition) is 4. The second-order valence-corrected chi connectivity index (χ2v) is 7.41. The molecule has 0 atom stereocenters. The van der Waals surface area contributed by atoms with Crippen LogP contribution in [0.25, 0.3) is 20.8 Å². The van der Waals surface area contributed by atoms with Crippen LogP contribution in [-0.2, 0) is 0 Å². The van der Waals surface area contributed by atoms with Gasteiger partial charge in [0, 0.05) is 11.8 Å². The zero-order valence-electron chi connectivity index (χ0n) is 13.4. The predicted octanol–water partition coefficient (Wildman–Crippen LogP) is 6.73. The molecule has 0 aliphatic rings. The highest BCUT2D eigenvalue weighted by Gasteiger charge is 2.11. The Morgan fingerprint density at radius 2 is 1.85 bits per heavy atom. The number of fused-ring (bicyclic) bond motifs is 1. The van der Waals surface area contributed by atoms with E-state index >= 15 is 0 Å². The van der Waals surface area contributed by atoms with Crippen LogP contribution in [0.4, 0.5) is 5.69 Å². The van der Waals surface area contributed by atoms with Crippen molar-refractivity contribution in [3.8, 4) is 16.3 Å². The molecule has 0 amide bonds. The Hall–Kier alpha value is -2.40. The maximum atomic E-state index is 10.3. The van der Waals surface area contributed by atoms with Crippen molar-refractivity contribution >= 4 is 56.7 Å². The summed E-state index contributed by atoms with van der Waals surface area (Å²) in [5.74, 6) is 0.170. The molecule has 4 aromatic rings. The van der Waals surface area contributed by atoms with Crippen LogP contribution in [0, 0.1) is 0 Å². The van der Waals surface area contributed by atoms with Gasteiger partial charge in [-0.15, -0.1) is 11.3 Å². The first-order chi connectivity index (χ1) is 12.6. The molecule has 4 rings (SSSR count). The van der Waals surface area contributed by atoms with Crippen molar-refractivity contribution in [3.63, 3.8) is 0 Å². The van der Waals surface area contributed by atoms with Gasteiger partial charge < -0.3 is 5.11 Å². The van der Waals surface area contributed by atoms with Crippen LogP contribution in [-0.4, -0.2) is 16.3 Å². The highest BCUT2D eigenvalue weighted by molar-refractivity contribution is 7.21. The van der Waals surface area contributed by atoms with Crippen molar-refractivity contribution < 1.29 is 5.11 Å². The Morgan fingerprint density at radius 3 is 2.69 bits per heavy atom. The van der Waals surface area contributed by atoms with E-state index in [1.54, 1.807) is 24.4 Å². The Labute approximate surface area is 164 Å². The van der Waals surface area contributed by atoms with Gasteiger partial charge in [0.2, 0.25) is 0 Å². The average molecular weight is 399 g/mol. The maximum absolute atomic E-state index is 10.3. The lowest BCUT2D eigenvalue weighted by Crippen LogP contribution is -1.83. The Morgan fingerprint density at radius 1 is 1.00 bits per heavy atom. The summed E-state index contributed by atoms with van der Waals surface area (Å²) in [5.41, 5.74) is 2.98. The van der Waals surface area contributed by atoms with E-state index in [4.69, 9.17) is 23.2 Å². The number of phenolic OH excluding ortho intramolecular Hbond substituents is 1. The molecule has 0 fully saturated rings. The standard InChI is InChI=1S/C20H12Cl2N2OS/c21-15-5-3-4-12(19(15)22)11-23-13-8-9-17(25)14(10-13)20-24-16-6-1-2-7-18(16)26-20/h1-11,25H. The summed E-state index contributed by atoms with van der Waals surface area (Å²) in [6, 6.07) is 18.4. The van der Waals surface area contributed by atoms with Gasteiger partial charge in [-0.2, -0.15) is 0 Å². The highest BCUT2D eigenvalue weighted by Crippen LogP contribution is 2.37. The number of phenols is 1. The van der Waals surface area contributed by atoms with Gasteiger partial charge in [0.15, 0.2) is 0 Å². The second kappa shape index (κ2) is 7.08. The van der Waals surface area contributed by atoms with E-state index in [9.17, 15) is 5.11 Å². The smallest absolute Gasteiger partial charge is 0.128 e. The Kier molecular flexibility index (Phi) is 4.64. The second-order valence-electron chi connectivity index (χ2n) is 5.59. The Bertz CT molecular complexity index is 1100. The van der Waals surface area contributed by atoms with Gasteiger partial charge in [0.1, 0.15) is 10.8 Å². The molecular formula is C20H12Cl2N2OS. The van der Waals surface area contributed by atoms with Crippen molar-refractivity contribution in [2.45, 2.75) is 0 Å². The van der Waals surface area contributed by atoms with Crippen molar-refractivity contribution in [3.05, 3.63) is 76.3 Å². The summed E-state index contributed by atoms with van der Waals surface area (Å²) in [6.45, 7) is 0. The summed E-state index contributed by atoms with van der Waals surface area (Å²) in [5, 5.41) is 12.0. The van der Waals surface area contributed by atoms with Crippen LogP contribution < -0.4 is 0 Å². The number of halogens is 2. The molecule has 0 aliphatic carbocycles. The fourth-order valence-electron chi connectivity index (χ4n) is 2.53. The maximum Gasteiger partial charge on any atom is 0.128 e. The van der Waals surface area contributed by atoms with Gasteiger partial charge >= 0.3 is 0 Å². The lowest BCUT2D eigenvalue weighted by Gasteiger charge is -2.03. The van der Waals surface area contributed by atoms with Crippen molar-refractivity contribution in [1.29, 1.82) is 0 Å². The molecule has 3 aromatic carbocycles. The van der Waals surface area contributed by atoms with E-state index in [0.29, 0.717) is 21.3 Å². The first kappa shape index (κ1) is 17.0. The van der Waals surface area contributed by atoms with Gasteiger partial charge in [0.25, 0.3) is 0 Å². The summed E-state index contributed by atoms with van der Waals surface area (Å²) in [6.07, 6.45) is 1.66. The number of aliphatic imine (C=N–C) groups is 1. The number of rotatable bonds is 3. The summed E-state index contributed by atoms with van der Waals surface area (Å²) in [7, 11) is 0. The zero-order chi connectivity index (χ0) is 18.1. The van der Waals surface area contributed by atoms with Gasteiger partial charge in [-0.3, -0.25) is 4.99 Å². The van der Waals surface area contributed by atoms with Crippen LogP contribution in [0.1, 0.15) is 5.56 Å². The molecule has 1 N–H and O–H groups in total. The van der Waals surface area contributed by atoms with Crippen LogP contribution >= 0.6 is 34.5 Å². The van der Waals surface area contributed by atoms with E-state index in [-0.39, 0.29) is 5.75 Å². The largest absolute Gasteiger partial charge is 0.507 e. The molecule has 0 unspecified atom stereocenters. The number of hydrogen-bond donors (Lipinski definition) is 1. The number of aromatic hydroxyl groups is 1. The predicted molar refractivity (Wildman–Crippen MR) is 110 cm³/mol. The average Bonchev–Trinajstić information content (AvgIpc) is 3.08. The van der Waals surface area contributed by atoms with Crippen molar-refractivity contribution in [2.75, 3.05) is 0 Å². The first-order valence-electron chi connectivity index (χ1n) is 7.79. The van der Waals surface area contributed by atoms with Gasteiger partial charge in [0.05, 0.1) is 31.5 Å². The molecule has 0 bridgehead atoms. The molecule has 0 radical (unpaired) electrons. The molecule has 0 saturated carbocycles. The molecule has 1 aromatic heterocycles. The molecule has 128 valence electrons. The lowest BCUT2D eigenvalue weighted by atomic mass is 10.2. The third kappa shape index (κ3) is 3.31. The third-order valence-corrected chi connectivity index (χ3v) is 5.74. The summed E-state index contributed by atoms with van der Waals surface area (Å²) < 4.78 is 1.07. The highest BCUT2D eigenvalue weighted by atomic mass is 35.5. The summed E-state index contributed by atoms with van der Waals surface area (Å²) >= 11 is 13.7. The van der Waals surface area contributed by atoms with Crippen LogP contribution in [0.5, 0.6) is 5.75 Å². The van der Waals surface area contributed by atoms with Crippen LogP contribution in [0.3, 0.4) is 0 Å². The number of nitrogens with zero attached hydrogens (tertiary/aromatic N) is 2. The van der Waals surface area contributed by atoms with Crippen LogP contribution in [0.15, 0.2) is 65.7 Å². The molecular weight excluding hydrogens is 387 g/mol. The van der Waals surface area contributed by atoms with E-state index in [1.807, 2.05) is 42.5 Å². The van der Waals surface area contributed by atoms with Crippen LogP contribution in [0.2, 0.25) is 10.0 Å². The number of para-hydroxylation sites is 1. The minimum atomic E-state index is 0.170. The van der Waals surface area contributed by atoms with Crippen molar-refractivity contribution in [1.82, 2.24) is 4.98 Å². The van der Waals surface area contributed by atoms with Gasteiger partial charge in [-0.1, -0.05) is 47.5 Å². The lowest BCUT2D eigenvalue weighted by molar-refractivity contribution is 0.477. The van der Waals surface area contributed by atoms with E-state index in [2.05, 4.69) is 9.98 Å². The topological polar surface area (TPSA) is 45.5 Å². The fourth-order valence-corrected chi connectivity index (χ4v) is 3.87. The van der Waals surface area contributed by atoms with Gasteiger partial charge in [-0.25, -0.2) is 4.98 Å². The number of aromatic nitrogens is 1. The van der Waals surface area contributed by atoms with E-state index in [0.717, 1.165) is 20.8 Å². The molecule has 26 heavy (non-hydrogen) atoms. The molecule has 0 spiro atoms. The normalized spacial score (nSPS) is 11.5. The minimum Gasteiger partial charge on any atom is -0.507 e. The number of thiazole rings is 1. The summed E-state index contributed by atoms with van der Waals surface area (Å²) in [4.78, 5) is 9.05. The fraction of sp³-hybridized carbons (Fsp3) is 0. The third-order valence-electron chi connectivity index (χ3n) is 3.84. The zero-order valence-corrected chi connectivity index (χ0v) is 15.7. The van der Waals surface area contributed by atoms with E-state index < -0.39 is 0 Å². The van der Waals surface area contributed by atoms with Crippen molar-refractivity contribution in [2.24, 2.45) is 4.99 Å². The SMILES string of the molecule is Oc1ccc(N=Cc2cccc(Cl)c2Cl)cc1-c1nc2ccccc2s1. The Balaban J connectivity index is 1.72. The molecule has 0 aliphatic heterocycles. The first-order valence-corrected chi connectivity index (χ1v) is 9.36. The molecule has 6 heteroatoms. The molecule has 1 heterocycles. The minimum absolute atomic E-state index is 0.170. The van der Waals surface area contributed by atoms with E-state index in [1.165, 1.54) is 11.3 Å². The quantitative estimate of drug-likeness (QED) is 0.389. The van der Waals surface area contributed by atoms with Gasteiger partial charge in [-0.05, 0) is 36.4 Å². The molecule has 0 saturated heterocycles.